The molecule has 1 amide bonds. The first-order valence-corrected chi connectivity index (χ1v) is 5.74. The van der Waals surface area contributed by atoms with E-state index in [9.17, 15) is 24.1 Å². The predicted molar refractivity (Wildman–Crippen MR) is 67.0 cm³/mol. The average Bonchev–Trinajstić information content (AvgIpc) is 2.42. The molecule has 1 aromatic rings. The Morgan fingerprint density at radius 3 is 2.70 bits per heavy atom. The predicted octanol–water partition coefficient (Wildman–Crippen LogP) is 1.24. The molecule has 9 heteroatoms. The van der Waals surface area contributed by atoms with Crippen LogP contribution in [0.3, 0.4) is 0 Å². The number of halogens is 2. The molecule has 0 saturated heterocycles. The van der Waals surface area contributed by atoms with Crippen molar-refractivity contribution in [3.05, 3.63) is 39.7 Å². The lowest BCUT2D eigenvalue weighted by Gasteiger charge is -2.09. The van der Waals surface area contributed by atoms with Crippen LogP contribution in [0.25, 0.3) is 0 Å². The lowest BCUT2D eigenvalue weighted by atomic mass is 10.2. The van der Waals surface area contributed by atoms with Gasteiger partial charge in [-0.2, -0.15) is 0 Å². The molecule has 0 aliphatic heterocycles. The van der Waals surface area contributed by atoms with Gasteiger partial charge in [-0.3, -0.25) is 19.7 Å². The van der Waals surface area contributed by atoms with Gasteiger partial charge in [0.15, 0.2) is 0 Å². The number of esters is 1. The average molecular weight is 305 g/mol. The molecule has 1 N–H and O–H groups in total. The lowest BCUT2D eigenvalue weighted by molar-refractivity contribution is -0.385. The number of benzene rings is 1. The highest BCUT2D eigenvalue weighted by molar-refractivity contribution is 6.30. The third-order valence-electron chi connectivity index (χ3n) is 2.25. The molecule has 0 aliphatic carbocycles. The summed E-state index contributed by atoms with van der Waals surface area (Å²) in [4.78, 5) is 32.4. The molecule has 1 aromatic carbocycles. The largest absolute Gasteiger partial charge is 0.468 e. The van der Waals surface area contributed by atoms with Gasteiger partial charge in [-0.1, -0.05) is 0 Å². The molecule has 7 nitrogen and oxygen atoms in total. The number of alkyl halides is 1. The molecule has 0 bridgehead atoms. The number of methoxy groups -OCH3 is 1. The minimum absolute atomic E-state index is 0.245. The third kappa shape index (κ3) is 4.16. The van der Waals surface area contributed by atoms with Gasteiger partial charge < -0.3 is 10.1 Å². The van der Waals surface area contributed by atoms with Gasteiger partial charge in [-0.25, -0.2) is 4.39 Å². The van der Waals surface area contributed by atoms with E-state index in [0.29, 0.717) is 6.07 Å². The Morgan fingerprint density at radius 2 is 2.15 bits per heavy atom. The molecule has 0 radical (unpaired) electrons. The first kappa shape index (κ1) is 15.8. The van der Waals surface area contributed by atoms with Crippen LogP contribution >= 0.6 is 11.6 Å². The van der Waals surface area contributed by atoms with E-state index in [1.807, 2.05) is 0 Å². The van der Waals surface area contributed by atoms with Gasteiger partial charge in [0.1, 0.15) is 11.2 Å². The Balaban J connectivity index is 2.78. The smallest absolute Gasteiger partial charge is 0.325 e. The normalized spacial score (nSPS) is 11.6. The summed E-state index contributed by atoms with van der Waals surface area (Å²) in [5.41, 5.74) is -0.795. The molecule has 0 spiro atoms. The van der Waals surface area contributed by atoms with Crippen LogP contribution < -0.4 is 5.32 Å². The van der Waals surface area contributed by atoms with Crippen molar-refractivity contribution >= 4 is 29.2 Å². The number of ether oxygens (including phenoxy) is 1. The summed E-state index contributed by atoms with van der Waals surface area (Å²) in [6.45, 7) is -0.253. The van der Waals surface area contributed by atoms with Crippen LogP contribution in [0.15, 0.2) is 18.2 Å². The molecule has 0 aliphatic rings. The number of carbonyl (C=O) groups excluding carboxylic acids is 2. The molecule has 1 rings (SSSR count). The fraction of sp³-hybridized carbons (Fsp3) is 0.273. The summed E-state index contributed by atoms with van der Waals surface area (Å²) in [6.07, 6.45) is 0. The van der Waals surface area contributed by atoms with E-state index in [4.69, 9.17) is 11.6 Å². The number of hydrogen-bond donors (Lipinski definition) is 1. The number of rotatable bonds is 5. The second kappa shape index (κ2) is 6.80. The number of non-ortho nitro benzene ring substituents is 1. The van der Waals surface area contributed by atoms with Crippen LogP contribution in [-0.4, -0.2) is 35.8 Å². The summed E-state index contributed by atoms with van der Waals surface area (Å²) in [7, 11) is 1.13. The van der Waals surface area contributed by atoms with Gasteiger partial charge in [0.05, 0.1) is 18.1 Å². The van der Waals surface area contributed by atoms with Crippen LogP contribution in [0.4, 0.5) is 10.1 Å². The monoisotopic (exact) mass is 304 g/mol. The van der Waals surface area contributed by atoms with E-state index in [-0.39, 0.29) is 12.1 Å². The Morgan fingerprint density at radius 1 is 1.50 bits per heavy atom. The second-order valence-corrected chi connectivity index (χ2v) is 4.18. The molecule has 1 unspecified atom stereocenters. The summed E-state index contributed by atoms with van der Waals surface area (Å²) in [6, 6.07) is 2.44. The first-order chi connectivity index (χ1) is 9.35. The summed E-state index contributed by atoms with van der Waals surface area (Å²) in [5, 5.41) is 11.7. The van der Waals surface area contributed by atoms with Crippen molar-refractivity contribution in [3.8, 4) is 0 Å². The number of nitro groups is 1. The zero-order valence-electron chi connectivity index (χ0n) is 10.3. The van der Waals surface area contributed by atoms with Crippen molar-refractivity contribution in [2.24, 2.45) is 0 Å². The van der Waals surface area contributed by atoms with Gasteiger partial charge in [0.2, 0.25) is 0 Å². The second-order valence-electron chi connectivity index (χ2n) is 3.66. The van der Waals surface area contributed by atoms with Crippen LogP contribution in [0.2, 0.25) is 0 Å². The van der Waals surface area contributed by atoms with Crippen LogP contribution in [0.1, 0.15) is 10.4 Å². The Hall–Kier alpha value is -2.22. The van der Waals surface area contributed by atoms with Crippen molar-refractivity contribution in [2.45, 2.75) is 5.38 Å². The van der Waals surface area contributed by atoms with Crippen molar-refractivity contribution in [1.29, 1.82) is 0 Å². The standard InChI is InChI=1S/C11H10ClFN2O5/c1-20-11(17)9(12)5-14-10(16)6-2-7(13)4-8(3-6)15(18)19/h2-4,9H,5H2,1H3,(H,14,16). The Bertz CT molecular complexity index is 552. The maximum atomic E-state index is 13.1. The molecule has 0 saturated carbocycles. The Kier molecular flexibility index (Phi) is 5.39. The van der Waals surface area contributed by atoms with Gasteiger partial charge in [0.25, 0.3) is 11.6 Å². The van der Waals surface area contributed by atoms with E-state index in [1.54, 1.807) is 0 Å². The molecule has 20 heavy (non-hydrogen) atoms. The van der Waals surface area contributed by atoms with Crippen LogP contribution in [0, 0.1) is 15.9 Å². The van der Waals surface area contributed by atoms with Gasteiger partial charge in [-0.05, 0) is 6.07 Å². The van der Waals surface area contributed by atoms with E-state index in [2.05, 4.69) is 10.1 Å². The number of amides is 1. The molecule has 0 aromatic heterocycles. The zero-order chi connectivity index (χ0) is 15.3. The summed E-state index contributed by atoms with van der Waals surface area (Å²) >= 11 is 5.60. The van der Waals surface area contributed by atoms with Gasteiger partial charge >= 0.3 is 5.97 Å². The topological polar surface area (TPSA) is 98.5 Å². The fourth-order valence-corrected chi connectivity index (χ4v) is 1.47. The molecule has 1 atom stereocenters. The first-order valence-electron chi connectivity index (χ1n) is 5.30. The number of nitrogens with one attached hydrogen (secondary N) is 1. The maximum absolute atomic E-state index is 13.1. The van der Waals surface area contributed by atoms with Gasteiger partial charge in [-0.15, -0.1) is 11.6 Å². The quantitative estimate of drug-likeness (QED) is 0.382. The third-order valence-corrected chi connectivity index (χ3v) is 2.59. The highest BCUT2D eigenvalue weighted by atomic mass is 35.5. The maximum Gasteiger partial charge on any atom is 0.325 e. The molecule has 0 heterocycles. The highest BCUT2D eigenvalue weighted by Gasteiger charge is 2.19. The van der Waals surface area contributed by atoms with Crippen molar-refractivity contribution in [2.75, 3.05) is 13.7 Å². The Labute approximate surface area is 117 Å². The lowest BCUT2D eigenvalue weighted by Crippen LogP contribution is -2.34. The number of hydrogen-bond acceptors (Lipinski definition) is 5. The minimum Gasteiger partial charge on any atom is -0.468 e. The molecule has 0 fully saturated rings. The summed E-state index contributed by atoms with van der Waals surface area (Å²) < 4.78 is 17.5. The van der Waals surface area contributed by atoms with Crippen LogP contribution in [0.5, 0.6) is 0 Å². The highest BCUT2D eigenvalue weighted by Crippen LogP contribution is 2.16. The zero-order valence-corrected chi connectivity index (χ0v) is 11.0. The van der Waals surface area contributed by atoms with E-state index < -0.39 is 33.7 Å². The van der Waals surface area contributed by atoms with E-state index >= 15 is 0 Å². The summed E-state index contributed by atoms with van der Waals surface area (Å²) in [5.74, 6) is -2.45. The van der Waals surface area contributed by atoms with Crippen molar-refractivity contribution < 1.29 is 23.6 Å². The number of nitro benzene ring substituents is 1. The fourth-order valence-electron chi connectivity index (χ4n) is 1.31. The van der Waals surface area contributed by atoms with Crippen LogP contribution in [-0.2, 0) is 9.53 Å². The van der Waals surface area contributed by atoms with Crippen molar-refractivity contribution in [3.63, 3.8) is 0 Å². The minimum atomic E-state index is -1.10. The van der Waals surface area contributed by atoms with E-state index in [0.717, 1.165) is 19.2 Å². The molecular formula is C11H10ClFN2O5. The van der Waals surface area contributed by atoms with Crippen molar-refractivity contribution in [1.82, 2.24) is 5.32 Å². The van der Waals surface area contributed by atoms with Gasteiger partial charge in [0, 0.05) is 18.2 Å². The number of nitrogens with zero attached hydrogens (tertiary/aromatic N) is 1. The SMILES string of the molecule is COC(=O)C(Cl)CNC(=O)c1cc(F)cc([N+](=O)[O-])c1. The number of carbonyl (C=O) groups is 2. The van der Waals surface area contributed by atoms with E-state index in [1.165, 1.54) is 0 Å². The molecule has 108 valence electrons. The molecular weight excluding hydrogens is 295 g/mol.